The molecule has 0 aliphatic heterocycles. The second-order valence-corrected chi connectivity index (χ2v) is 6.80. The van der Waals surface area contributed by atoms with E-state index < -0.39 is 5.60 Å². The molecule has 0 bridgehead atoms. The van der Waals surface area contributed by atoms with E-state index in [1.54, 1.807) is 0 Å². The molecule has 0 saturated heterocycles. The molecule has 0 fully saturated rings. The minimum atomic E-state index is -0.460. The molecule has 0 aliphatic rings. The molecule has 22 heavy (non-hydrogen) atoms. The van der Waals surface area contributed by atoms with E-state index in [1.165, 1.54) is 16.7 Å². The lowest BCUT2D eigenvalue weighted by Gasteiger charge is -2.22. The summed E-state index contributed by atoms with van der Waals surface area (Å²) in [6.45, 7) is 13.3. The Morgan fingerprint density at radius 3 is 2.55 bits per heavy atom. The van der Waals surface area contributed by atoms with Crippen LogP contribution in [0, 0.1) is 13.8 Å². The third kappa shape index (κ3) is 6.94. The van der Waals surface area contributed by atoms with Gasteiger partial charge in [0.15, 0.2) is 0 Å². The molecule has 0 radical (unpaired) electrons. The van der Waals surface area contributed by atoms with Crippen LogP contribution in [0.4, 0.5) is 4.79 Å². The number of nitrogens with one attached hydrogen (secondary N) is 2. The molecule has 0 spiro atoms. The fourth-order valence-corrected chi connectivity index (χ4v) is 2.13. The van der Waals surface area contributed by atoms with E-state index in [4.69, 9.17) is 4.74 Å². The lowest BCUT2D eigenvalue weighted by Crippen LogP contribution is -2.42. The van der Waals surface area contributed by atoms with Gasteiger partial charge in [0.1, 0.15) is 5.60 Å². The van der Waals surface area contributed by atoms with Crippen LogP contribution < -0.4 is 10.6 Å². The van der Waals surface area contributed by atoms with Gasteiger partial charge in [0.05, 0.1) is 0 Å². The molecule has 1 atom stereocenters. The summed E-state index contributed by atoms with van der Waals surface area (Å²) in [6, 6.07) is 6.70. The van der Waals surface area contributed by atoms with E-state index in [1.807, 2.05) is 20.8 Å². The van der Waals surface area contributed by atoms with E-state index in [0.29, 0.717) is 6.54 Å². The first-order valence-corrected chi connectivity index (χ1v) is 7.97. The van der Waals surface area contributed by atoms with Crippen molar-refractivity contribution in [1.29, 1.82) is 0 Å². The van der Waals surface area contributed by atoms with Gasteiger partial charge in [-0.25, -0.2) is 4.79 Å². The molecule has 1 unspecified atom stereocenters. The molecule has 4 nitrogen and oxygen atoms in total. The fraction of sp³-hybridized carbons (Fsp3) is 0.611. The number of carbonyl (C=O) groups is 1. The van der Waals surface area contributed by atoms with Crippen LogP contribution in [0.25, 0.3) is 0 Å². The third-order valence-corrected chi connectivity index (χ3v) is 3.47. The fourth-order valence-electron chi connectivity index (χ4n) is 2.13. The third-order valence-electron chi connectivity index (χ3n) is 3.47. The van der Waals surface area contributed by atoms with Gasteiger partial charge in [-0.1, -0.05) is 30.7 Å². The van der Waals surface area contributed by atoms with Crippen molar-refractivity contribution in [3.05, 3.63) is 34.9 Å². The maximum absolute atomic E-state index is 11.7. The number of alkyl carbamates (subject to hydrolysis) is 1. The van der Waals surface area contributed by atoms with E-state index in [-0.39, 0.29) is 12.1 Å². The number of carbonyl (C=O) groups excluding carboxylic acids is 1. The molecule has 0 heterocycles. The molecule has 0 aliphatic carbocycles. The van der Waals surface area contributed by atoms with Crippen molar-refractivity contribution in [2.75, 3.05) is 6.54 Å². The van der Waals surface area contributed by atoms with Crippen LogP contribution in [0.1, 0.15) is 50.8 Å². The minimum Gasteiger partial charge on any atom is -0.444 e. The Morgan fingerprint density at radius 2 is 1.95 bits per heavy atom. The van der Waals surface area contributed by atoms with Crippen molar-refractivity contribution in [3.63, 3.8) is 0 Å². The quantitative estimate of drug-likeness (QED) is 0.842. The van der Waals surface area contributed by atoms with E-state index in [9.17, 15) is 4.79 Å². The minimum absolute atomic E-state index is 0.229. The van der Waals surface area contributed by atoms with Gasteiger partial charge >= 0.3 is 6.09 Å². The van der Waals surface area contributed by atoms with Crippen molar-refractivity contribution >= 4 is 6.09 Å². The first-order valence-electron chi connectivity index (χ1n) is 7.97. The number of hydrogen-bond acceptors (Lipinski definition) is 3. The summed E-state index contributed by atoms with van der Waals surface area (Å²) in [6.07, 6.45) is 0.584. The maximum atomic E-state index is 11.7. The first-order chi connectivity index (χ1) is 10.2. The Balaban J connectivity index is 2.45. The van der Waals surface area contributed by atoms with Crippen LogP contribution >= 0.6 is 0 Å². The van der Waals surface area contributed by atoms with Crippen LogP contribution in [0.3, 0.4) is 0 Å². The van der Waals surface area contributed by atoms with E-state index in [0.717, 1.165) is 13.0 Å². The van der Waals surface area contributed by atoms with Gasteiger partial charge in [0.25, 0.3) is 0 Å². The Bertz CT molecular complexity index is 492. The lowest BCUT2D eigenvalue weighted by atomic mass is 10.1. The van der Waals surface area contributed by atoms with Crippen molar-refractivity contribution in [1.82, 2.24) is 10.6 Å². The predicted molar refractivity (Wildman–Crippen MR) is 91.1 cm³/mol. The normalized spacial score (nSPS) is 12.8. The van der Waals surface area contributed by atoms with Crippen molar-refractivity contribution < 1.29 is 9.53 Å². The highest BCUT2D eigenvalue weighted by Gasteiger charge is 2.17. The highest BCUT2D eigenvalue weighted by atomic mass is 16.6. The Labute approximate surface area is 134 Å². The molecule has 1 aromatic rings. The molecular formula is C18H30N2O2. The number of aryl methyl sites for hydroxylation is 2. The molecule has 0 saturated carbocycles. The van der Waals surface area contributed by atoms with E-state index in [2.05, 4.69) is 49.6 Å². The predicted octanol–water partition coefficient (Wildman–Crippen LogP) is 3.70. The summed E-state index contributed by atoms with van der Waals surface area (Å²) in [7, 11) is 0. The van der Waals surface area contributed by atoms with Crippen LogP contribution in [0.5, 0.6) is 0 Å². The Hall–Kier alpha value is -1.55. The average molecular weight is 306 g/mol. The summed E-state index contributed by atoms with van der Waals surface area (Å²) in [5.41, 5.74) is 3.39. The molecule has 0 aromatic heterocycles. The summed E-state index contributed by atoms with van der Waals surface area (Å²) < 4.78 is 5.25. The summed E-state index contributed by atoms with van der Waals surface area (Å²) in [5.74, 6) is 0. The van der Waals surface area contributed by atoms with Gasteiger partial charge < -0.3 is 15.4 Å². The van der Waals surface area contributed by atoms with Gasteiger partial charge in [-0.2, -0.15) is 0 Å². The smallest absolute Gasteiger partial charge is 0.407 e. The highest BCUT2D eigenvalue weighted by Crippen LogP contribution is 2.11. The lowest BCUT2D eigenvalue weighted by molar-refractivity contribution is 0.0522. The highest BCUT2D eigenvalue weighted by molar-refractivity contribution is 5.67. The summed E-state index contributed by atoms with van der Waals surface area (Å²) in [5, 5.41) is 6.33. The zero-order valence-electron chi connectivity index (χ0n) is 14.7. The molecule has 124 valence electrons. The SMILES string of the molecule is CCC(CNC(=O)OC(C)(C)C)NCc1cc(C)ccc1C. The number of amides is 1. The summed E-state index contributed by atoms with van der Waals surface area (Å²) >= 11 is 0. The topological polar surface area (TPSA) is 50.4 Å². The van der Waals surface area contributed by atoms with Crippen LogP contribution in [0.2, 0.25) is 0 Å². The standard InChI is InChI=1S/C18H30N2O2/c1-7-16(12-20-17(21)22-18(4,5)6)19-11-15-10-13(2)8-9-14(15)3/h8-10,16,19H,7,11-12H2,1-6H3,(H,20,21). The van der Waals surface area contributed by atoms with Gasteiger partial charge in [-0.3, -0.25) is 0 Å². The maximum Gasteiger partial charge on any atom is 0.407 e. The Kier molecular flexibility index (Phi) is 6.88. The second kappa shape index (κ2) is 8.18. The zero-order valence-corrected chi connectivity index (χ0v) is 14.7. The Morgan fingerprint density at radius 1 is 1.27 bits per heavy atom. The van der Waals surface area contributed by atoms with Crippen molar-refractivity contribution in [3.8, 4) is 0 Å². The van der Waals surface area contributed by atoms with Crippen molar-refractivity contribution in [2.45, 2.75) is 66.2 Å². The molecular weight excluding hydrogens is 276 g/mol. The van der Waals surface area contributed by atoms with Gasteiger partial charge in [0.2, 0.25) is 0 Å². The van der Waals surface area contributed by atoms with E-state index >= 15 is 0 Å². The molecule has 1 rings (SSSR count). The second-order valence-electron chi connectivity index (χ2n) is 6.80. The number of ether oxygens (including phenoxy) is 1. The molecule has 1 aromatic carbocycles. The van der Waals surface area contributed by atoms with Crippen molar-refractivity contribution in [2.24, 2.45) is 0 Å². The largest absolute Gasteiger partial charge is 0.444 e. The molecule has 1 amide bonds. The molecule has 2 N–H and O–H groups in total. The van der Waals surface area contributed by atoms with Crippen LogP contribution in [-0.2, 0) is 11.3 Å². The van der Waals surface area contributed by atoms with Crippen LogP contribution in [-0.4, -0.2) is 24.3 Å². The zero-order chi connectivity index (χ0) is 16.8. The number of hydrogen-bond donors (Lipinski definition) is 2. The number of benzene rings is 1. The van der Waals surface area contributed by atoms with Gasteiger partial charge in [-0.05, 0) is 52.2 Å². The van der Waals surface area contributed by atoms with Crippen LogP contribution in [0.15, 0.2) is 18.2 Å². The monoisotopic (exact) mass is 306 g/mol. The first kappa shape index (κ1) is 18.5. The number of rotatable bonds is 6. The van der Waals surface area contributed by atoms with Gasteiger partial charge in [-0.15, -0.1) is 0 Å². The summed E-state index contributed by atoms with van der Waals surface area (Å²) in [4.78, 5) is 11.7. The average Bonchev–Trinajstić information content (AvgIpc) is 2.40. The van der Waals surface area contributed by atoms with Gasteiger partial charge in [0, 0.05) is 19.1 Å². The molecule has 4 heteroatoms.